The van der Waals surface area contributed by atoms with Gasteiger partial charge in [-0.25, -0.2) is 4.57 Å². The van der Waals surface area contributed by atoms with E-state index in [4.69, 9.17) is 9.05 Å². The van der Waals surface area contributed by atoms with Gasteiger partial charge >= 0.3 is 7.75 Å². The number of rotatable bonds is 5. The van der Waals surface area contributed by atoms with Crippen LogP contribution < -0.4 is 0 Å². The number of hydrogen-bond donors (Lipinski definition) is 0. The maximum absolute atomic E-state index is 12.6. The molecule has 0 heterocycles. The van der Waals surface area contributed by atoms with E-state index in [0.29, 0.717) is 18.4 Å². The van der Waals surface area contributed by atoms with Crippen LogP contribution >= 0.6 is 19.5 Å². The first-order valence-electron chi connectivity index (χ1n) is 5.97. The molecule has 0 bridgehead atoms. The second kappa shape index (κ2) is 7.53. The minimum absolute atomic E-state index is 0.240. The van der Waals surface area contributed by atoms with Crippen molar-refractivity contribution < 1.29 is 13.6 Å². The number of aliphatic imine (C=N–C) groups is 1. The minimum atomic E-state index is -3.29. The molecule has 5 nitrogen and oxygen atoms in total. The van der Waals surface area contributed by atoms with Gasteiger partial charge in [0.15, 0.2) is 5.17 Å². The van der Waals surface area contributed by atoms with E-state index in [-0.39, 0.29) is 5.54 Å². The summed E-state index contributed by atoms with van der Waals surface area (Å²) in [6.45, 7) is 10.2. The molecule has 7 heteroatoms. The van der Waals surface area contributed by atoms with E-state index < -0.39 is 7.75 Å². The van der Waals surface area contributed by atoms with Crippen LogP contribution in [0.2, 0.25) is 0 Å². The van der Waals surface area contributed by atoms with Crippen LogP contribution in [0.25, 0.3) is 0 Å². The van der Waals surface area contributed by atoms with Crippen LogP contribution in [-0.4, -0.2) is 41.9 Å². The Labute approximate surface area is 115 Å². The van der Waals surface area contributed by atoms with Gasteiger partial charge in [-0.15, -0.1) is 0 Å². The normalized spacial score (nSPS) is 13.8. The second-order valence-electron chi connectivity index (χ2n) is 4.60. The van der Waals surface area contributed by atoms with Gasteiger partial charge in [0.1, 0.15) is 0 Å². The smallest absolute Gasteiger partial charge is 0.292 e. The van der Waals surface area contributed by atoms with E-state index in [0.717, 1.165) is 0 Å². The third kappa shape index (κ3) is 5.74. The molecule has 0 aliphatic heterocycles. The Morgan fingerprint density at radius 3 is 2.00 bits per heavy atom. The molecule has 0 rings (SSSR count). The summed E-state index contributed by atoms with van der Waals surface area (Å²) < 4.78 is 24.7. The lowest BCUT2D eigenvalue weighted by Crippen LogP contribution is -2.27. The molecule has 0 atom stereocenters. The Hall–Kier alpha value is -0.0300. The summed E-state index contributed by atoms with van der Waals surface area (Å²) in [5.41, 5.74) is -0.240. The molecule has 0 unspecified atom stereocenters. The van der Waals surface area contributed by atoms with E-state index in [1.54, 1.807) is 20.9 Å². The first-order chi connectivity index (χ1) is 8.20. The monoisotopic (exact) mass is 296 g/mol. The van der Waals surface area contributed by atoms with Crippen molar-refractivity contribution in [2.75, 3.05) is 26.5 Å². The van der Waals surface area contributed by atoms with Gasteiger partial charge < -0.3 is 0 Å². The van der Waals surface area contributed by atoms with Crippen LogP contribution in [0, 0.1) is 0 Å². The lowest BCUT2D eigenvalue weighted by molar-refractivity contribution is 0.194. The van der Waals surface area contributed by atoms with E-state index in [1.807, 2.05) is 27.0 Å². The predicted octanol–water partition coefficient (Wildman–Crippen LogP) is 3.62. The van der Waals surface area contributed by atoms with E-state index in [9.17, 15) is 4.57 Å². The summed E-state index contributed by atoms with van der Waals surface area (Å²) in [6, 6.07) is 0. The van der Waals surface area contributed by atoms with Crippen molar-refractivity contribution in [1.82, 2.24) is 4.67 Å². The molecule has 0 aliphatic rings. The van der Waals surface area contributed by atoms with Crippen molar-refractivity contribution in [3.05, 3.63) is 0 Å². The van der Waals surface area contributed by atoms with Crippen LogP contribution in [-0.2, 0) is 13.6 Å². The Kier molecular flexibility index (Phi) is 7.52. The van der Waals surface area contributed by atoms with Gasteiger partial charge in [0.2, 0.25) is 0 Å². The fraction of sp³-hybridized carbons (Fsp3) is 0.909. The highest BCUT2D eigenvalue weighted by atomic mass is 32.2. The molecule has 0 saturated carbocycles. The topological polar surface area (TPSA) is 51.1 Å². The molecule has 18 heavy (non-hydrogen) atoms. The molecule has 0 N–H and O–H groups in total. The van der Waals surface area contributed by atoms with Crippen LogP contribution in [0.1, 0.15) is 34.6 Å². The van der Waals surface area contributed by atoms with Gasteiger partial charge in [0.25, 0.3) is 0 Å². The van der Waals surface area contributed by atoms with E-state index in [2.05, 4.69) is 4.99 Å². The summed E-state index contributed by atoms with van der Waals surface area (Å²) >= 11 is 1.43. The van der Waals surface area contributed by atoms with Crippen LogP contribution in [0.5, 0.6) is 0 Å². The van der Waals surface area contributed by atoms with Crippen molar-refractivity contribution in [1.29, 1.82) is 0 Å². The van der Waals surface area contributed by atoms with Gasteiger partial charge in [0, 0.05) is 7.05 Å². The van der Waals surface area contributed by atoms with Crippen molar-refractivity contribution in [2.24, 2.45) is 4.99 Å². The highest BCUT2D eigenvalue weighted by molar-refractivity contribution is 8.13. The number of nitrogens with zero attached hydrogens (tertiary/aromatic N) is 2. The highest BCUT2D eigenvalue weighted by Crippen LogP contribution is 2.52. The summed E-state index contributed by atoms with van der Waals surface area (Å²) in [4.78, 5) is 4.53. The first kappa shape index (κ1) is 18.0. The zero-order valence-electron chi connectivity index (χ0n) is 12.4. The first-order valence-corrected chi connectivity index (χ1v) is 8.69. The standard InChI is InChI=1S/C11H25N2O3PS/c1-8-15-17(14,16-9-2)13(6)10(18-7)12-11(3,4)5/h8-9H2,1-7H3. The fourth-order valence-electron chi connectivity index (χ4n) is 1.18. The maximum Gasteiger partial charge on any atom is 0.436 e. The van der Waals surface area contributed by atoms with Crippen molar-refractivity contribution in [2.45, 2.75) is 40.2 Å². The van der Waals surface area contributed by atoms with Gasteiger partial charge in [0.05, 0.1) is 18.8 Å². The maximum atomic E-state index is 12.6. The molecular formula is C11H25N2O3PS. The Morgan fingerprint density at radius 1 is 1.28 bits per heavy atom. The van der Waals surface area contributed by atoms with Gasteiger partial charge in [-0.05, 0) is 40.9 Å². The lowest BCUT2D eigenvalue weighted by atomic mass is 10.1. The van der Waals surface area contributed by atoms with Crippen LogP contribution in [0.3, 0.4) is 0 Å². The molecule has 0 radical (unpaired) electrons. The third-order valence-corrected chi connectivity index (χ3v) is 4.80. The molecule has 0 aromatic carbocycles. The predicted molar refractivity (Wildman–Crippen MR) is 79.3 cm³/mol. The molecule has 0 aromatic rings. The van der Waals surface area contributed by atoms with Gasteiger partial charge in [-0.1, -0.05) is 11.8 Å². The fourth-order valence-corrected chi connectivity index (χ4v) is 3.68. The van der Waals surface area contributed by atoms with E-state index in [1.165, 1.54) is 16.4 Å². The number of amidine groups is 1. The summed E-state index contributed by atoms with van der Waals surface area (Å²) in [5.74, 6) is 0. The zero-order valence-corrected chi connectivity index (χ0v) is 14.1. The molecular weight excluding hydrogens is 271 g/mol. The highest BCUT2D eigenvalue weighted by Gasteiger charge is 2.33. The molecule has 0 saturated heterocycles. The largest absolute Gasteiger partial charge is 0.436 e. The van der Waals surface area contributed by atoms with Crippen molar-refractivity contribution in [3.63, 3.8) is 0 Å². The SMILES string of the molecule is CCOP(=O)(OCC)N(C)C(=NC(C)(C)C)SC. The molecule has 0 fully saturated rings. The van der Waals surface area contributed by atoms with Crippen molar-refractivity contribution in [3.8, 4) is 0 Å². The van der Waals surface area contributed by atoms with Gasteiger partial charge in [-0.3, -0.25) is 18.7 Å². The quantitative estimate of drug-likeness (QED) is 0.440. The average molecular weight is 296 g/mol. The van der Waals surface area contributed by atoms with Gasteiger partial charge in [-0.2, -0.15) is 0 Å². The number of thioether (sulfide) groups is 1. The molecule has 0 spiro atoms. The zero-order chi connectivity index (χ0) is 14.4. The Balaban J connectivity index is 5.22. The average Bonchev–Trinajstić information content (AvgIpc) is 2.24. The molecule has 0 aliphatic carbocycles. The minimum Gasteiger partial charge on any atom is -0.292 e. The number of hydrogen-bond acceptors (Lipinski definition) is 5. The van der Waals surface area contributed by atoms with Crippen LogP contribution in [0.4, 0.5) is 0 Å². The third-order valence-electron chi connectivity index (χ3n) is 1.84. The summed E-state index contributed by atoms with van der Waals surface area (Å²) in [5, 5.41) is 0.646. The van der Waals surface area contributed by atoms with Crippen LogP contribution in [0.15, 0.2) is 4.99 Å². The Morgan fingerprint density at radius 2 is 1.72 bits per heavy atom. The lowest BCUT2D eigenvalue weighted by Gasteiger charge is -2.29. The summed E-state index contributed by atoms with van der Waals surface area (Å²) in [7, 11) is -1.60. The Bertz CT molecular complexity index is 319. The molecule has 0 amide bonds. The molecule has 108 valence electrons. The molecule has 0 aromatic heterocycles. The van der Waals surface area contributed by atoms with Crippen molar-refractivity contribution >= 4 is 24.7 Å². The second-order valence-corrected chi connectivity index (χ2v) is 7.42. The van der Waals surface area contributed by atoms with E-state index >= 15 is 0 Å². The summed E-state index contributed by atoms with van der Waals surface area (Å²) in [6.07, 6.45) is 1.89.